The minimum absolute atomic E-state index is 0.270. The van der Waals surface area contributed by atoms with E-state index < -0.39 is 9.84 Å². The fraction of sp³-hybridized carbons (Fsp3) is 0.238. The van der Waals surface area contributed by atoms with Crippen LogP contribution in [0.3, 0.4) is 0 Å². The monoisotopic (exact) mass is 412 g/mol. The molecule has 7 heteroatoms. The molecule has 1 aliphatic rings. The van der Waals surface area contributed by atoms with Crippen LogP contribution in [0.1, 0.15) is 35.4 Å². The largest absolute Gasteiger partial charge is 0.321 e. The van der Waals surface area contributed by atoms with Gasteiger partial charge in [0.15, 0.2) is 9.84 Å². The predicted octanol–water partition coefficient (Wildman–Crippen LogP) is 4.78. The minimum Gasteiger partial charge on any atom is -0.321 e. The lowest BCUT2D eigenvalue weighted by Crippen LogP contribution is -2.18. The van der Waals surface area contributed by atoms with Gasteiger partial charge in [0.25, 0.3) is 5.91 Å². The van der Waals surface area contributed by atoms with Crippen LogP contribution in [0.25, 0.3) is 10.6 Å². The van der Waals surface area contributed by atoms with Crippen molar-refractivity contribution in [3.05, 3.63) is 65.7 Å². The number of thiazole rings is 1. The number of nitrogens with zero attached hydrogens (tertiary/aromatic N) is 1. The number of aromatic nitrogens is 1. The lowest BCUT2D eigenvalue weighted by molar-refractivity contribution is 0.103. The third-order valence-corrected chi connectivity index (χ3v) is 8.22. The second kappa shape index (κ2) is 7.85. The maximum Gasteiger partial charge on any atom is 0.267 e. The van der Waals surface area contributed by atoms with Gasteiger partial charge in [-0.1, -0.05) is 49.2 Å². The molecule has 0 radical (unpaired) electrons. The molecular formula is C21H20N2O3S2. The van der Waals surface area contributed by atoms with Crippen molar-refractivity contribution in [1.82, 2.24) is 4.98 Å². The Balaban J connectivity index is 1.52. The molecule has 0 bridgehead atoms. The van der Waals surface area contributed by atoms with Gasteiger partial charge in [0.2, 0.25) is 0 Å². The van der Waals surface area contributed by atoms with E-state index in [1.165, 1.54) is 11.3 Å². The van der Waals surface area contributed by atoms with Crippen LogP contribution in [0.4, 0.5) is 5.69 Å². The van der Waals surface area contributed by atoms with Gasteiger partial charge in [0, 0.05) is 11.3 Å². The van der Waals surface area contributed by atoms with Crippen LogP contribution in [-0.2, 0) is 9.84 Å². The Morgan fingerprint density at radius 3 is 2.54 bits per heavy atom. The third kappa shape index (κ3) is 3.86. The van der Waals surface area contributed by atoms with Gasteiger partial charge >= 0.3 is 0 Å². The first-order chi connectivity index (χ1) is 13.5. The molecule has 0 unspecified atom stereocenters. The number of hydrogen-bond donors (Lipinski definition) is 1. The Morgan fingerprint density at radius 1 is 1.04 bits per heavy atom. The molecule has 1 aliphatic carbocycles. The van der Waals surface area contributed by atoms with Crippen molar-refractivity contribution in [2.24, 2.45) is 0 Å². The van der Waals surface area contributed by atoms with Crippen LogP contribution in [0.2, 0.25) is 0 Å². The average Bonchev–Trinajstić information content (AvgIpc) is 3.41. The maximum atomic E-state index is 12.8. The summed E-state index contributed by atoms with van der Waals surface area (Å²) in [7, 11) is -3.35. The summed E-state index contributed by atoms with van der Waals surface area (Å²) in [4.78, 5) is 17.7. The van der Waals surface area contributed by atoms with Crippen molar-refractivity contribution < 1.29 is 13.2 Å². The van der Waals surface area contributed by atoms with Crippen molar-refractivity contribution in [3.8, 4) is 10.6 Å². The van der Waals surface area contributed by atoms with Gasteiger partial charge in [-0.25, -0.2) is 13.4 Å². The van der Waals surface area contributed by atoms with E-state index in [2.05, 4.69) is 10.3 Å². The minimum atomic E-state index is -3.35. The number of carbonyl (C=O) groups excluding carboxylic acids is 1. The molecule has 2 aromatic carbocycles. The van der Waals surface area contributed by atoms with Gasteiger partial charge in [-0.05, 0) is 31.0 Å². The molecule has 3 aromatic rings. The fourth-order valence-electron chi connectivity index (χ4n) is 3.43. The molecule has 0 spiro atoms. The molecule has 144 valence electrons. The number of hydrogen-bond acceptors (Lipinski definition) is 5. The Labute approximate surface area is 168 Å². The molecule has 0 atom stereocenters. The second-order valence-corrected chi connectivity index (χ2v) is 10.1. The number of benzene rings is 2. The predicted molar refractivity (Wildman–Crippen MR) is 111 cm³/mol. The van der Waals surface area contributed by atoms with Crippen LogP contribution in [-0.4, -0.2) is 24.6 Å². The Morgan fingerprint density at radius 2 is 1.79 bits per heavy atom. The molecule has 1 amide bonds. The van der Waals surface area contributed by atoms with Gasteiger partial charge in [-0.3, -0.25) is 4.79 Å². The standard InChI is InChI=1S/C21H20N2O3S2/c24-20(19-14-22-21(27-19)15-7-2-1-3-8-15)23-16-9-6-12-18(13-16)28(25,26)17-10-4-5-11-17/h1-3,6-9,12-14,17H,4-5,10-11H2,(H,23,24). The first-order valence-electron chi connectivity index (χ1n) is 9.20. The molecule has 5 nitrogen and oxygen atoms in total. The van der Waals surface area contributed by atoms with E-state index in [9.17, 15) is 13.2 Å². The summed E-state index contributed by atoms with van der Waals surface area (Å²) in [6, 6.07) is 16.2. The maximum absolute atomic E-state index is 12.8. The van der Waals surface area contributed by atoms with Crippen LogP contribution >= 0.6 is 11.3 Å². The van der Waals surface area contributed by atoms with Gasteiger partial charge in [0.05, 0.1) is 16.3 Å². The third-order valence-electron chi connectivity index (χ3n) is 4.91. The number of rotatable bonds is 5. The Hall–Kier alpha value is -2.51. The van der Waals surface area contributed by atoms with Crippen LogP contribution < -0.4 is 5.32 Å². The van der Waals surface area contributed by atoms with E-state index in [-0.39, 0.29) is 16.1 Å². The van der Waals surface area contributed by atoms with E-state index in [0.29, 0.717) is 23.4 Å². The fourth-order valence-corrected chi connectivity index (χ4v) is 6.14. The van der Waals surface area contributed by atoms with E-state index >= 15 is 0 Å². The van der Waals surface area contributed by atoms with Crippen molar-refractivity contribution >= 4 is 32.8 Å². The highest BCUT2D eigenvalue weighted by atomic mass is 32.2. The zero-order chi connectivity index (χ0) is 19.6. The number of nitrogens with one attached hydrogen (secondary N) is 1. The van der Waals surface area contributed by atoms with Gasteiger partial charge in [-0.2, -0.15) is 0 Å². The molecular weight excluding hydrogens is 392 g/mol. The molecule has 1 heterocycles. The van der Waals surface area contributed by atoms with Crippen LogP contribution in [0, 0.1) is 0 Å². The van der Waals surface area contributed by atoms with E-state index in [1.54, 1.807) is 30.5 Å². The normalized spacial score (nSPS) is 14.9. The highest BCUT2D eigenvalue weighted by Gasteiger charge is 2.30. The molecule has 0 aliphatic heterocycles. The van der Waals surface area contributed by atoms with Gasteiger partial charge in [-0.15, -0.1) is 11.3 Å². The lowest BCUT2D eigenvalue weighted by Gasteiger charge is -2.12. The lowest BCUT2D eigenvalue weighted by atomic mass is 10.2. The van der Waals surface area contributed by atoms with Crippen LogP contribution in [0.5, 0.6) is 0 Å². The van der Waals surface area contributed by atoms with Crippen molar-refractivity contribution in [2.45, 2.75) is 35.8 Å². The summed E-state index contributed by atoms with van der Waals surface area (Å²) < 4.78 is 25.6. The van der Waals surface area contributed by atoms with Crippen molar-refractivity contribution in [3.63, 3.8) is 0 Å². The van der Waals surface area contributed by atoms with Crippen molar-refractivity contribution in [2.75, 3.05) is 5.32 Å². The zero-order valence-corrected chi connectivity index (χ0v) is 16.8. The number of amides is 1. The van der Waals surface area contributed by atoms with Gasteiger partial charge in [0.1, 0.15) is 9.88 Å². The van der Waals surface area contributed by atoms with Crippen LogP contribution in [0.15, 0.2) is 65.7 Å². The topological polar surface area (TPSA) is 76.1 Å². The summed E-state index contributed by atoms with van der Waals surface area (Å²) in [5.41, 5.74) is 1.43. The molecule has 28 heavy (non-hydrogen) atoms. The summed E-state index contributed by atoms with van der Waals surface area (Å²) in [6.45, 7) is 0. The summed E-state index contributed by atoms with van der Waals surface area (Å²) in [5, 5.41) is 3.25. The summed E-state index contributed by atoms with van der Waals surface area (Å²) in [6.07, 6.45) is 4.87. The molecule has 1 aromatic heterocycles. The molecule has 0 saturated heterocycles. The highest BCUT2D eigenvalue weighted by molar-refractivity contribution is 7.92. The molecule has 4 rings (SSSR count). The number of sulfone groups is 1. The Bertz CT molecular complexity index is 1090. The molecule has 1 N–H and O–H groups in total. The first kappa shape index (κ1) is 18.8. The van der Waals surface area contributed by atoms with E-state index in [4.69, 9.17) is 0 Å². The Kier molecular flexibility index (Phi) is 5.28. The zero-order valence-electron chi connectivity index (χ0n) is 15.2. The number of anilines is 1. The van der Waals surface area contributed by atoms with Crippen molar-refractivity contribution in [1.29, 1.82) is 0 Å². The quantitative estimate of drug-likeness (QED) is 0.654. The highest BCUT2D eigenvalue weighted by Crippen LogP contribution is 2.31. The van der Waals surface area contributed by atoms with Gasteiger partial charge < -0.3 is 5.32 Å². The average molecular weight is 413 g/mol. The smallest absolute Gasteiger partial charge is 0.267 e. The second-order valence-electron chi connectivity index (χ2n) is 6.83. The van der Waals surface area contributed by atoms with E-state index in [1.807, 2.05) is 30.3 Å². The summed E-state index contributed by atoms with van der Waals surface area (Å²) >= 11 is 1.30. The molecule has 1 fully saturated rings. The summed E-state index contributed by atoms with van der Waals surface area (Å²) in [5.74, 6) is -0.296. The molecule has 1 saturated carbocycles. The van der Waals surface area contributed by atoms with E-state index in [0.717, 1.165) is 23.4 Å². The number of carbonyl (C=O) groups is 1. The SMILES string of the molecule is O=C(Nc1cccc(S(=O)(=O)C2CCCC2)c1)c1cnc(-c2ccccc2)s1. The first-order valence-corrected chi connectivity index (χ1v) is 11.6.